The second kappa shape index (κ2) is 9.74. The molecule has 0 spiro atoms. The summed E-state index contributed by atoms with van der Waals surface area (Å²) in [5.41, 5.74) is 1.85. The molecule has 1 aromatic carbocycles. The predicted molar refractivity (Wildman–Crippen MR) is 126 cm³/mol. The molecule has 10 heteroatoms. The normalized spacial score (nSPS) is 15.7. The summed E-state index contributed by atoms with van der Waals surface area (Å²) in [5.74, 6) is 2.31. The maximum absolute atomic E-state index is 13.3. The van der Waals surface area contributed by atoms with E-state index in [1.807, 2.05) is 54.3 Å². The van der Waals surface area contributed by atoms with Crippen LogP contribution in [-0.4, -0.2) is 51.4 Å². The second-order valence-electron chi connectivity index (χ2n) is 7.20. The van der Waals surface area contributed by atoms with Crippen molar-refractivity contribution in [1.29, 1.82) is 0 Å². The lowest BCUT2D eigenvalue weighted by Crippen LogP contribution is -2.28. The molecule has 168 valence electrons. The number of hydrogen-bond acceptors (Lipinski definition) is 8. The Morgan fingerprint density at radius 1 is 1.22 bits per heavy atom. The number of amides is 1. The van der Waals surface area contributed by atoms with E-state index < -0.39 is 0 Å². The number of aryl methyl sites for hydroxylation is 1. The number of carbonyl (C=O) groups excluding carboxylic acids is 1. The number of ether oxygens (including phenoxy) is 2. The molecule has 1 aliphatic heterocycles. The van der Waals surface area contributed by atoms with Gasteiger partial charge in [-0.25, -0.2) is 5.01 Å². The largest absolute Gasteiger partial charge is 0.493 e. The minimum atomic E-state index is -0.217. The highest BCUT2D eigenvalue weighted by molar-refractivity contribution is 7.99. The minimum absolute atomic E-state index is 0.0811. The third kappa shape index (κ3) is 4.37. The van der Waals surface area contributed by atoms with Crippen molar-refractivity contribution >= 4 is 34.7 Å². The number of rotatable bonds is 8. The Hall–Kier alpha value is -2.85. The van der Waals surface area contributed by atoms with E-state index >= 15 is 0 Å². The molecule has 0 bridgehead atoms. The molecule has 1 unspecified atom stereocenters. The van der Waals surface area contributed by atoms with Crippen molar-refractivity contribution in [1.82, 2.24) is 19.8 Å². The van der Waals surface area contributed by atoms with E-state index in [0.717, 1.165) is 33.6 Å². The maximum atomic E-state index is 13.3. The monoisotopic (exact) mass is 471 g/mol. The molecule has 1 amide bonds. The molecule has 1 atom stereocenters. The first-order chi connectivity index (χ1) is 15.5. The zero-order valence-corrected chi connectivity index (χ0v) is 20.1. The molecule has 0 radical (unpaired) electrons. The average molecular weight is 472 g/mol. The van der Waals surface area contributed by atoms with Crippen LogP contribution in [0, 0.1) is 0 Å². The summed E-state index contributed by atoms with van der Waals surface area (Å²) >= 11 is 3.00. The minimum Gasteiger partial charge on any atom is -0.493 e. The van der Waals surface area contributed by atoms with Gasteiger partial charge in [-0.2, -0.15) is 5.10 Å². The van der Waals surface area contributed by atoms with Crippen LogP contribution in [0.3, 0.4) is 0 Å². The lowest BCUT2D eigenvalue weighted by atomic mass is 10.0. The molecular formula is C22H25N5O3S2. The van der Waals surface area contributed by atoms with Crippen LogP contribution in [0.25, 0.3) is 0 Å². The highest BCUT2D eigenvalue weighted by Crippen LogP contribution is 2.38. The first-order valence-electron chi connectivity index (χ1n) is 10.2. The molecule has 1 aliphatic rings. The van der Waals surface area contributed by atoms with E-state index in [4.69, 9.17) is 14.6 Å². The fourth-order valence-electron chi connectivity index (χ4n) is 3.62. The van der Waals surface area contributed by atoms with E-state index in [9.17, 15) is 4.79 Å². The summed E-state index contributed by atoms with van der Waals surface area (Å²) in [6.07, 6.45) is 1.43. The van der Waals surface area contributed by atoms with Gasteiger partial charge >= 0.3 is 0 Å². The van der Waals surface area contributed by atoms with Crippen LogP contribution in [0.5, 0.6) is 11.5 Å². The first kappa shape index (κ1) is 22.3. The first-order valence-corrected chi connectivity index (χ1v) is 12.1. The number of benzene rings is 1. The number of thioether (sulfide) groups is 1. The van der Waals surface area contributed by atoms with Crippen molar-refractivity contribution in [3.05, 3.63) is 52.0 Å². The number of hydrogen-bond donors (Lipinski definition) is 0. The fraction of sp³-hybridized carbons (Fsp3) is 0.364. The topological polar surface area (TPSA) is 81.8 Å². The van der Waals surface area contributed by atoms with E-state index in [1.54, 1.807) is 30.6 Å². The lowest BCUT2D eigenvalue weighted by Gasteiger charge is -2.22. The highest BCUT2D eigenvalue weighted by atomic mass is 32.2. The number of methoxy groups -OCH3 is 2. The number of thiophene rings is 1. The highest BCUT2D eigenvalue weighted by Gasteiger charge is 2.34. The van der Waals surface area contributed by atoms with Gasteiger partial charge in [-0.05, 0) is 29.1 Å². The Morgan fingerprint density at radius 2 is 2.03 bits per heavy atom. The number of carbonyl (C=O) groups is 1. The molecule has 0 saturated carbocycles. The Labute approximate surface area is 195 Å². The molecule has 3 heterocycles. The number of nitrogens with zero attached hydrogens (tertiary/aromatic N) is 5. The van der Waals surface area contributed by atoms with Gasteiger partial charge < -0.3 is 14.0 Å². The molecule has 4 rings (SSSR count). The van der Waals surface area contributed by atoms with Gasteiger partial charge in [0.05, 0.1) is 36.6 Å². The van der Waals surface area contributed by atoms with Gasteiger partial charge in [0, 0.05) is 19.9 Å². The fourth-order valence-corrected chi connectivity index (χ4v) is 5.13. The molecule has 32 heavy (non-hydrogen) atoms. The van der Waals surface area contributed by atoms with Gasteiger partial charge in [-0.15, -0.1) is 21.5 Å². The van der Waals surface area contributed by atoms with Crippen LogP contribution < -0.4 is 9.47 Å². The Kier molecular flexibility index (Phi) is 6.80. The molecule has 3 aromatic rings. The Morgan fingerprint density at radius 3 is 2.69 bits per heavy atom. The van der Waals surface area contributed by atoms with Crippen LogP contribution in [0.1, 0.15) is 35.7 Å². The van der Waals surface area contributed by atoms with Gasteiger partial charge in [-0.3, -0.25) is 4.79 Å². The van der Waals surface area contributed by atoms with Crippen molar-refractivity contribution in [2.45, 2.75) is 31.0 Å². The van der Waals surface area contributed by atoms with Crippen molar-refractivity contribution in [2.24, 2.45) is 12.1 Å². The van der Waals surface area contributed by atoms with Crippen molar-refractivity contribution < 1.29 is 14.3 Å². The van der Waals surface area contributed by atoms with Crippen molar-refractivity contribution in [2.75, 3.05) is 20.0 Å². The Bertz CT molecular complexity index is 1130. The van der Waals surface area contributed by atoms with Crippen LogP contribution in [0.2, 0.25) is 0 Å². The summed E-state index contributed by atoms with van der Waals surface area (Å²) in [6, 6.07) is 9.55. The zero-order valence-electron chi connectivity index (χ0n) is 18.4. The molecule has 0 N–H and O–H groups in total. The molecule has 0 fully saturated rings. The zero-order chi connectivity index (χ0) is 22.7. The quantitative estimate of drug-likeness (QED) is 0.463. The summed E-state index contributed by atoms with van der Waals surface area (Å²) in [7, 11) is 5.13. The van der Waals surface area contributed by atoms with E-state index in [-0.39, 0.29) is 17.7 Å². The third-order valence-electron chi connectivity index (χ3n) is 5.33. The molecule has 8 nitrogen and oxygen atoms in total. The summed E-state index contributed by atoms with van der Waals surface area (Å²) in [6.45, 7) is 2.03. The molecule has 0 aliphatic carbocycles. The SMILES string of the molecule is CCc1nnc(SCC(=O)N2N=C(c3cccs3)CC2c2ccc(OC)c(OC)c2)n1C. The smallest absolute Gasteiger partial charge is 0.253 e. The van der Waals surface area contributed by atoms with Gasteiger partial charge in [0.25, 0.3) is 5.91 Å². The van der Waals surface area contributed by atoms with Gasteiger partial charge in [0.1, 0.15) is 5.82 Å². The number of hydrazone groups is 1. The molecule has 2 aromatic heterocycles. The van der Waals surface area contributed by atoms with Crippen LogP contribution in [0.15, 0.2) is 46.0 Å². The van der Waals surface area contributed by atoms with Gasteiger partial charge in [0.15, 0.2) is 16.7 Å². The Balaban J connectivity index is 1.59. The van der Waals surface area contributed by atoms with E-state index in [2.05, 4.69) is 10.2 Å². The van der Waals surface area contributed by atoms with Gasteiger partial charge in [0.2, 0.25) is 0 Å². The third-order valence-corrected chi connectivity index (χ3v) is 7.25. The van der Waals surface area contributed by atoms with E-state index in [0.29, 0.717) is 17.9 Å². The van der Waals surface area contributed by atoms with Crippen LogP contribution >= 0.6 is 23.1 Å². The summed E-state index contributed by atoms with van der Waals surface area (Å²) < 4.78 is 12.8. The van der Waals surface area contributed by atoms with E-state index in [1.165, 1.54) is 11.8 Å². The van der Waals surface area contributed by atoms with Crippen molar-refractivity contribution in [3.8, 4) is 11.5 Å². The maximum Gasteiger partial charge on any atom is 0.253 e. The summed E-state index contributed by atoms with van der Waals surface area (Å²) in [5, 5.41) is 17.4. The van der Waals surface area contributed by atoms with Crippen LogP contribution in [-0.2, 0) is 18.3 Å². The second-order valence-corrected chi connectivity index (χ2v) is 9.09. The number of aromatic nitrogens is 3. The summed E-state index contributed by atoms with van der Waals surface area (Å²) in [4.78, 5) is 14.3. The van der Waals surface area contributed by atoms with Crippen molar-refractivity contribution in [3.63, 3.8) is 0 Å². The average Bonchev–Trinajstić information content (AvgIpc) is 3.56. The molecular weight excluding hydrogens is 446 g/mol. The van der Waals surface area contributed by atoms with Crippen LogP contribution in [0.4, 0.5) is 0 Å². The lowest BCUT2D eigenvalue weighted by molar-refractivity contribution is -0.130. The molecule has 0 saturated heterocycles. The standard InChI is InChI=1S/C22H25N5O3S2/c1-5-20-23-24-22(26(20)2)32-13-21(28)27-16(12-15(25-27)19-7-6-10-31-19)14-8-9-17(29-3)18(11-14)30-4/h6-11,16H,5,12-13H2,1-4H3. The van der Waals surface area contributed by atoms with Gasteiger partial charge in [-0.1, -0.05) is 30.8 Å². The predicted octanol–water partition coefficient (Wildman–Crippen LogP) is 3.93.